The lowest BCUT2D eigenvalue weighted by Gasteiger charge is -2.09. The van der Waals surface area contributed by atoms with Gasteiger partial charge in [-0.05, 0) is 47.9 Å². The topological polar surface area (TPSA) is 36.7 Å². The average molecular weight is 349 g/mol. The summed E-state index contributed by atoms with van der Waals surface area (Å²) in [6.07, 6.45) is 2.62. The van der Waals surface area contributed by atoms with Gasteiger partial charge in [-0.2, -0.15) is 5.26 Å². The molecule has 1 aromatic heterocycles. The second kappa shape index (κ2) is 6.55. The number of aromatic nitrogens is 1. The first-order chi connectivity index (χ1) is 10.8. The lowest BCUT2D eigenvalue weighted by atomic mass is 9.99. The minimum absolute atomic E-state index is 0.683. The summed E-state index contributed by atoms with van der Waals surface area (Å²) in [6.45, 7) is 0. The van der Waals surface area contributed by atoms with Gasteiger partial charge in [0.25, 0.3) is 0 Å². The van der Waals surface area contributed by atoms with E-state index >= 15 is 0 Å². The molecule has 3 rings (SSSR count). The molecule has 0 unspecified atom stereocenters. The Morgan fingerprint density at radius 2 is 1.68 bits per heavy atom. The van der Waals surface area contributed by atoms with Crippen LogP contribution in [0.2, 0.25) is 0 Å². The minimum Gasteiger partial charge on any atom is -0.256 e. The van der Waals surface area contributed by atoms with E-state index < -0.39 is 0 Å². The molecule has 0 bridgehead atoms. The first-order valence-electron chi connectivity index (χ1n) is 6.95. The summed E-state index contributed by atoms with van der Waals surface area (Å²) in [5.41, 5.74) is 5.13. The zero-order valence-electron chi connectivity index (χ0n) is 11.8. The summed E-state index contributed by atoms with van der Waals surface area (Å²) < 4.78 is 1.06. The van der Waals surface area contributed by atoms with E-state index in [4.69, 9.17) is 5.26 Å². The van der Waals surface area contributed by atoms with Crippen LogP contribution >= 0.6 is 15.9 Å². The lowest BCUT2D eigenvalue weighted by Crippen LogP contribution is -1.95. The average Bonchev–Trinajstić information content (AvgIpc) is 2.57. The van der Waals surface area contributed by atoms with Gasteiger partial charge in [-0.15, -0.1) is 0 Å². The first-order valence-corrected chi connectivity index (χ1v) is 7.74. The summed E-state index contributed by atoms with van der Waals surface area (Å²) in [7, 11) is 0. The molecule has 0 spiro atoms. The van der Waals surface area contributed by atoms with E-state index in [0.29, 0.717) is 5.56 Å². The van der Waals surface area contributed by atoms with Crippen LogP contribution in [0.3, 0.4) is 0 Å². The molecule has 0 saturated heterocycles. The molecule has 1 heterocycles. The number of nitriles is 1. The third-order valence-electron chi connectivity index (χ3n) is 3.49. The highest BCUT2D eigenvalue weighted by molar-refractivity contribution is 9.10. The number of hydrogen-bond acceptors (Lipinski definition) is 2. The zero-order chi connectivity index (χ0) is 15.4. The molecule has 0 amide bonds. The van der Waals surface area contributed by atoms with E-state index in [1.165, 1.54) is 11.1 Å². The molecular weight excluding hydrogens is 336 g/mol. The van der Waals surface area contributed by atoms with Gasteiger partial charge in [0.15, 0.2) is 0 Å². The Hall–Kier alpha value is -2.44. The number of halogens is 1. The molecule has 2 nitrogen and oxygen atoms in total. The van der Waals surface area contributed by atoms with Crippen molar-refractivity contribution in [2.45, 2.75) is 6.42 Å². The summed E-state index contributed by atoms with van der Waals surface area (Å²) in [4.78, 5) is 4.54. The molecule has 0 fully saturated rings. The van der Waals surface area contributed by atoms with Crippen molar-refractivity contribution in [1.29, 1.82) is 5.26 Å². The van der Waals surface area contributed by atoms with Crippen LogP contribution < -0.4 is 0 Å². The smallest absolute Gasteiger partial charge is 0.0991 e. The number of pyridine rings is 1. The Morgan fingerprint density at radius 1 is 0.955 bits per heavy atom. The third kappa shape index (κ3) is 3.24. The van der Waals surface area contributed by atoms with Gasteiger partial charge in [0.05, 0.1) is 17.3 Å². The Balaban J connectivity index is 1.94. The molecule has 0 aliphatic heterocycles. The molecule has 22 heavy (non-hydrogen) atoms. The predicted molar refractivity (Wildman–Crippen MR) is 91.3 cm³/mol. The summed E-state index contributed by atoms with van der Waals surface area (Å²) in [5, 5.41) is 8.87. The van der Waals surface area contributed by atoms with Crippen molar-refractivity contribution in [2.24, 2.45) is 0 Å². The van der Waals surface area contributed by atoms with E-state index in [1.807, 2.05) is 48.7 Å². The van der Waals surface area contributed by atoms with E-state index in [0.717, 1.165) is 22.2 Å². The quantitative estimate of drug-likeness (QED) is 0.669. The Bertz CT molecular complexity index is 815. The molecule has 0 atom stereocenters. The van der Waals surface area contributed by atoms with E-state index in [-0.39, 0.29) is 0 Å². The van der Waals surface area contributed by atoms with Crippen molar-refractivity contribution in [2.75, 3.05) is 0 Å². The van der Waals surface area contributed by atoms with Crippen molar-refractivity contribution in [3.05, 3.63) is 88.0 Å². The fourth-order valence-electron chi connectivity index (χ4n) is 2.37. The maximum Gasteiger partial charge on any atom is 0.0991 e. The van der Waals surface area contributed by atoms with Crippen molar-refractivity contribution < 1.29 is 0 Å². The Morgan fingerprint density at radius 3 is 2.36 bits per heavy atom. The SMILES string of the molecule is N#Cc1ccc(Cc2cccnc2-c2ccc(Br)cc2)cc1. The summed E-state index contributed by atoms with van der Waals surface area (Å²) in [5.74, 6) is 0. The molecule has 0 aliphatic carbocycles. The molecule has 106 valence electrons. The third-order valence-corrected chi connectivity index (χ3v) is 4.02. The maximum atomic E-state index is 8.87. The first kappa shape index (κ1) is 14.5. The van der Waals surface area contributed by atoms with E-state index in [2.05, 4.69) is 45.2 Å². The van der Waals surface area contributed by atoms with Gasteiger partial charge in [0.2, 0.25) is 0 Å². The molecule has 0 saturated carbocycles. The summed E-state index contributed by atoms with van der Waals surface area (Å²) >= 11 is 3.46. The van der Waals surface area contributed by atoms with Gasteiger partial charge in [-0.3, -0.25) is 4.98 Å². The van der Waals surface area contributed by atoms with Crippen LogP contribution in [0.4, 0.5) is 0 Å². The highest BCUT2D eigenvalue weighted by Crippen LogP contribution is 2.25. The van der Waals surface area contributed by atoms with Crippen molar-refractivity contribution >= 4 is 15.9 Å². The van der Waals surface area contributed by atoms with Crippen molar-refractivity contribution in [3.63, 3.8) is 0 Å². The molecule has 2 aromatic carbocycles. The molecule has 3 aromatic rings. The van der Waals surface area contributed by atoms with Gasteiger partial charge in [-0.1, -0.05) is 46.3 Å². The number of hydrogen-bond donors (Lipinski definition) is 0. The monoisotopic (exact) mass is 348 g/mol. The lowest BCUT2D eigenvalue weighted by molar-refractivity contribution is 1.15. The van der Waals surface area contributed by atoms with Crippen LogP contribution in [0.25, 0.3) is 11.3 Å². The zero-order valence-corrected chi connectivity index (χ0v) is 13.4. The van der Waals surface area contributed by atoms with Crippen molar-refractivity contribution in [3.8, 4) is 17.3 Å². The van der Waals surface area contributed by atoms with Crippen LogP contribution in [0.1, 0.15) is 16.7 Å². The second-order valence-corrected chi connectivity index (χ2v) is 5.92. The van der Waals surface area contributed by atoms with E-state index in [9.17, 15) is 0 Å². The minimum atomic E-state index is 0.683. The molecule has 3 heteroatoms. The molecule has 0 aliphatic rings. The fraction of sp³-hybridized carbons (Fsp3) is 0.0526. The summed E-state index contributed by atoms with van der Waals surface area (Å²) in [6, 6.07) is 22.1. The fourth-order valence-corrected chi connectivity index (χ4v) is 2.63. The van der Waals surface area contributed by atoms with Gasteiger partial charge < -0.3 is 0 Å². The Labute approximate surface area is 138 Å². The number of rotatable bonds is 3. The van der Waals surface area contributed by atoms with Crippen LogP contribution in [0.5, 0.6) is 0 Å². The number of nitrogens with zero attached hydrogens (tertiary/aromatic N) is 2. The Kier molecular flexibility index (Phi) is 4.32. The molecule has 0 radical (unpaired) electrons. The normalized spacial score (nSPS) is 10.2. The standard InChI is InChI=1S/C19H13BrN2/c20-18-9-7-16(8-10-18)19-17(2-1-11-22-19)12-14-3-5-15(13-21)6-4-14/h1-11H,12H2. The maximum absolute atomic E-state index is 8.87. The highest BCUT2D eigenvalue weighted by atomic mass is 79.9. The van der Waals surface area contributed by atoms with Crippen LogP contribution in [0.15, 0.2) is 71.3 Å². The van der Waals surface area contributed by atoms with Gasteiger partial charge in [-0.25, -0.2) is 0 Å². The predicted octanol–water partition coefficient (Wildman–Crippen LogP) is 4.97. The second-order valence-electron chi connectivity index (χ2n) is 5.00. The largest absolute Gasteiger partial charge is 0.256 e. The van der Waals surface area contributed by atoms with Gasteiger partial charge in [0.1, 0.15) is 0 Å². The molecular formula is C19H13BrN2. The van der Waals surface area contributed by atoms with E-state index in [1.54, 1.807) is 0 Å². The molecule has 0 N–H and O–H groups in total. The van der Waals surface area contributed by atoms with Crippen molar-refractivity contribution in [1.82, 2.24) is 4.98 Å². The van der Waals surface area contributed by atoms with Crippen LogP contribution in [-0.2, 0) is 6.42 Å². The van der Waals surface area contributed by atoms with Crippen LogP contribution in [-0.4, -0.2) is 4.98 Å². The van der Waals surface area contributed by atoms with Gasteiger partial charge >= 0.3 is 0 Å². The highest BCUT2D eigenvalue weighted by Gasteiger charge is 2.07. The number of benzene rings is 2. The van der Waals surface area contributed by atoms with Gasteiger partial charge in [0, 0.05) is 16.2 Å². The van der Waals surface area contributed by atoms with Crippen LogP contribution in [0, 0.1) is 11.3 Å².